The van der Waals surface area contributed by atoms with Gasteiger partial charge in [0.15, 0.2) is 11.2 Å². The highest BCUT2D eigenvalue weighted by Crippen LogP contribution is 2.40. The van der Waals surface area contributed by atoms with Gasteiger partial charge in [-0.2, -0.15) is 0 Å². The number of allylic oxidation sites excluding steroid dienone is 1. The standard InChI is InChI=1S/C35H57N5O5/c1-5-6-7-8-13-16-19-22-45-39-26(2)20-17-14-11-9-10-12-15-18-21-32(42)44-24-29-27(3)30(23-31(29)41)40-25-36-33-34(40)37-28(4)38-35(33)43/h25,29-31,39,41H,2-3,5-24H2,1,4H3,(H,37,38,43)/t29-,30-,31-/m0/s1. The lowest BCUT2D eigenvalue weighted by molar-refractivity contribution is -0.145. The molecule has 2 aromatic rings. The molecule has 0 saturated heterocycles. The van der Waals surface area contributed by atoms with Gasteiger partial charge in [-0.15, -0.1) is 0 Å². The molecule has 3 rings (SSSR count). The van der Waals surface area contributed by atoms with Gasteiger partial charge in [0.25, 0.3) is 5.56 Å². The zero-order valence-electron chi connectivity index (χ0n) is 27.8. The minimum Gasteiger partial charge on any atom is -0.465 e. The number of H-pyrrole nitrogens is 1. The van der Waals surface area contributed by atoms with Crippen LogP contribution in [0.2, 0.25) is 0 Å². The van der Waals surface area contributed by atoms with Crippen LogP contribution in [0.1, 0.15) is 134 Å². The van der Waals surface area contributed by atoms with Gasteiger partial charge >= 0.3 is 5.97 Å². The third-order valence-electron chi connectivity index (χ3n) is 8.82. The first-order valence-electron chi connectivity index (χ1n) is 17.3. The van der Waals surface area contributed by atoms with E-state index in [-0.39, 0.29) is 35.6 Å². The average molecular weight is 628 g/mol. The summed E-state index contributed by atoms with van der Waals surface area (Å²) in [5.74, 6) is -0.111. The second kappa shape index (κ2) is 20.2. The molecule has 252 valence electrons. The van der Waals surface area contributed by atoms with Gasteiger partial charge in [-0.05, 0) is 44.6 Å². The zero-order chi connectivity index (χ0) is 32.4. The van der Waals surface area contributed by atoms with Crippen molar-refractivity contribution < 1.29 is 19.5 Å². The number of hydroxylamine groups is 1. The highest BCUT2D eigenvalue weighted by atomic mass is 16.6. The third kappa shape index (κ3) is 12.4. The zero-order valence-corrected chi connectivity index (χ0v) is 27.8. The lowest BCUT2D eigenvalue weighted by Crippen LogP contribution is -2.22. The Morgan fingerprint density at radius 1 is 1.02 bits per heavy atom. The molecular formula is C35H57N5O5. The number of unbranched alkanes of at least 4 members (excludes halogenated alkanes) is 13. The van der Waals surface area contributed by atoms with Crippen LogP contribution in [0.4, 0.5) is 0 Å². The maximum atomic E-state index is 12.4. The Morgan fingerprint density at radius 3 is 2.33 bits per heavy atom. The van der Waals surface area contributed by atoms with Gasteiger partial charge in [0.2, 0.25) is 0 Å². The first kappa shape index (κ1) is 36.5. The van der Waals surface area contributed by atoms with Crippen molar-refractivity contribution in [3.63, 3.8) is 0 Å². The molecule has 45 heavy (non-hydrogen) atoms. The first-order valence-corrected chi connectivity index (χ1v) is 17.3. The summed E-state index contributed by atoms with van der Waals surface area (Å²) in [5, 5.41) is 10.7. The van der Waals surface area contributed by atoms with Gasteiger partial charge in [0, 0.05) is 18.0 Å². The fraction of sp³-hybridized carbons (Fsp3) is 0.714. The number of fused-ring (bicyclic) bond motifs is 1. The fourth-order valence-corrected chi connectivity index (χ4v) is 6.07. The normalized spacial score (nSPS) is 18.1. The van der Waals surface area contributed by atoms with Crippen molar-refractivity contribution in [3.8, 4) is 0 Å². The van der Waals surface area contributed by atoms with Crippen LogP contribution >= 0.6 is 0 Å². The summed E-state index contributed by atoms with van der Waals surface area (Å²) >= 11 is 0. The SMILES string of the molecule is C=C(CCCCCCCCCCC(=O)OC[C@H]1C(=C)[C@@H](n2cnc3c(=O)[nH]c(C)nc32)C[C@@H]1O)NOCCCCCCCCC. The number of aliphatic hydroxyl groups is 1. The van der Waals surface area contributed by atoms with Gasteiger partial charge < -0.3 is 19.4 Å². The number of aromatic amines is 1. The highest BCUT2D eigenvalue weighted by Gasteiger charge is 2.39. The van der Waals surface area contributed by atoms with E-state index in [0.29, 0.717) is 24.3 Å². The minimum atomic E-state index is -0.696. The summed E-state index contributed by atoms with van der Waals surface area (Å²) in [4.78, 5) is 41.4. The van der Waals surface area contributed by atoms with Crippen LogP contribution in [0.5, 0.6) is 0 Å². The highest BCUT2D eigenvalue weighted by molar-refractivity contribution is 5.70. The van der Waals surface area contributed by atoms with Crippen molar-refractivity contribution in [2.45, 2.75) is 142 Å². The van der Waals surface area contributed by atoms with E-state index in [1.54, 1.807) is 17.8 Å². The van der Waals surface area contributed by atoms with Gasteiger partial charge in [-0.1, -0.05) is 97.1 Å². The van der Waals surface area contributed by atoms with Crippen molar-refractivity contribution in [1.82, 2.24) is 25.0 Å². The predicted molar refractivity (Wildman–Crippen MR) is 179 cm³/mol. The quantitative estimate of drug-likeness (QED) is 0.0485. The number of hydrogen-bond acceptors (Lipinski definition) is 8. The number of carbonyl (C=O) groups excluding carboxylic acids is 1. The largest absolute Gasteiger partial charge is 0.465 e. The summed E-state index contributed by atoms with van der Waals surface area (Å²) < 4.78 is 7.32. The first-order chi connectivity index (χ1) is 21.8. The summed E-state index contributed by atoms with van der Waals surface area (Å²) in [5.41, 5.74) is 5.15. The van der Waals surface area contributed by atoms with Crippen LogP contribution < -0.4 is 11.0 Å². The van der Waals surface area contributed by atoms with Crippen LogP contribution in [0.15, 0.2) is 35.5 Å². The van der Waals surface area contributed by atoms with E-state index >= 15 is 0 Å². The Morgan fingerprint density at radius 2 is 1.64 bits per heavy atom. The van der Waals surface area contributed by atoms with E-state index in [1.165, 1.54) is 64.2 Å². The number of carbonyl (C=O) groups is 1. The minimum absolute atomic E-state index is 0.0995. The van der Waals surface area contributed by atoms with E-state index in [9.17, 15) is 14.7 Å². The number of esters is 1. The lowest BCUT2D eigenvalue weighted by atomic mass is 10.0. The number of nitrogens with one attached hydrogen (secondary N) is 2. The fourth-order valence-electron chi connectivity index (χ4n) is 6.07. The third-order valence-corrected chi connectivity index (χ3v) is 8.82. The molecule has 10 nitrogen and oxygen atoms in total. The molecule has 0 bridgehead atoms. The van der Waals surface area contributed by atoms with Crippen LogP contribution in [0, 0.1) is 12.8 Å². The van der Waals surface area contributed by atoms with Crippen molar-refractivity contribution >= 4 is 17.1 Å². The summed E-state index contributed by atoms with van der Waals surface area (Å²) in [6, 6.07) is -0.267. The molecular weight excluding hydrogens is 570 g/mol. The van der Waals surface area contributed by atoms with Crippen molar-refractivity contribution in [1.29, 1.82) is 0 Å². The maximum Gasteiger partial charge on any atom is 0.305 e. The van der Waals surface area contributed by atoms with Crippen molar-refractivity contribution in [2.75, 3.05) is 13.2 Å². The van der Waals surface area contributed by atoms with E-state index in [4.69, 9.17) is 9.57 Å². The average Bonchev–Trinajstić information content (AvgIpc) is 3.55. The second-order valence-electron chi connectivity index (χ2n) is 12.7. The molecule has 0 aromatic carbocycles. The Balaban J connectivity index is 1.16. The Hall–Kier alpha value is -2.98. The molecule has 2 aromatic heterocycles. The molecule has 3 N–H and O–H groups in total. The number of aromatic nitrogens is 4. The van der Waals surface area contributed by atoms with Crippen molar-refractivity contribution in [3.05, 3.63) is 46.9 Å². The van der Waals surface area contributed by atoms with E-state index < -0.39 is 6.10 Å². The molecule has 2 heterocycles. The Bertz CT molecular complexity index is 1250. The number of imidazole rings is 1. The molecule has 1 fully saturated rings. The lowest BCUT2D eigenvalue weighted by Gasteiger charge is -2.17. The number of ether oxygens (including phenoxy) is 1. The Labute approximate surface area is 269 Å². The summed E-state index contributed by atoms with van der Waals surface area (Å²) in [6.07, 6.45) is 20.4. The smallest absolute Gasteiger partial charge is 0.305 e. The number of nitrogens with zero attached hydrogens (tertiary/aromatic N) is 3. The van der Waals surface area contributed by atoms with E-state index in [0.717, 1.165) is 56.4 Å². The van der Waals surface area contributed by atoms with Crippen molar-refractivity contribution in [2.24, 2.45) is 5.92 Å². The number of rotatable bonds is 24. The van der Waals surface area contributed by atoms with E-state index in [1.807, 2.05) is 0 Å². The summed E-state index contributed by atoms with van der Waals surface area (Å²) in [6.45, 7) is 13.1. The monoisotopic (exact) mass is 627 g/mol. The molecule has 3 atom stereocenters. The second-order valence-corrected chi connectivity index (χ2v) is 12.7. The number of aryl methyl sites for hydroxylation is 1. The molecule has 10 heteroatoms. The molecule has 0 unspecified atom stereocenters. The van der Waals surface area contributed by atoms with Gasteiger partial charge in [0.1, 0.15) is 12.4 Å². The number of aliphatic hydroxyl groups excluding tert-OH is 1. The molecule has 0 aliphatic heterocycles. The molecule has 1 aliphatic carbocycles. The molecule has 0 amide bonds. The number of hydrogen-bond donors (Lipinski definition) is 3. The molecule has 0 radical (unpaired) electrons. The van der Waals surface area contributed by atoms with Gasteiger partial charge in [-0.3, -0.25) is 19.9 Å². The molecule has 1 aliphatic rings. The maximum absolute atomic E-state index is 12.4. The predicted octanol–water partition coefficient (Wildman–Crippen LogP) is 7.14. The Kier molecular flexibility index (Phi) is 16.4. The van der Waals surface area contributed by atoms with Gasteiger partial charge in [0.05, 0.1) is 25.1 Å². The van der Waals surface area contributed by atoms with Crippen LogP contribution in [-0.2, 0) is 14.4 Å². The van der Waals surface area contributed by atoms with Crippen LogP contribution in [0.3, 0.4) is 0 Å². The van der Waals surface area contributed by atoms with Crippen LogP contribution in [0.25, 0.3) is 11.2 Å². The van der Waals surface area contributed by atoms with E-state index in [2.05, 4.69) is 40.5 Å². The molecule has 1 saturated carbocycles. The summed E-state index contributed by atoms with van der Waals surface area (Å²) in [7, 11) is 0. The van der Waals surface area contributed by atoms with Gasteiger partial charge in [-0.25, -0.2) is 9.97 Å². The topological polar surface area (TPSA) is 131 Å². The van der Waals surface area contributed by atoms with Crippen LogP contribution in [-0.4, -0.2) is 49.9 Å². The molecule has 0 spiro atoms.